The zero-order chi connectivity index (χ0) is 11.8. The molecule has 0 spiro atoms. The molecule has 7 nitrogen and oxygen atoms in total. The van der Waals surface area contributed by atoms with Gasteiger partial charge in [-0.3, -0.25) is 25.1 Å². The van der Waals surface area contributed by atoms with E-state index in [1.54, 1.807) is 13.8 Å². The lowest BCUT2D eigenvalue weighted by Gasteiger charge is -2.38. The third kappa shape index (κ3) is 1.79. The number of likely N-dealkylation sites (tertiary alicyclic amines) is 1. The van der Waals surface area contributed by atoms with Crippen LogP contribution < -0.4 is 0 Å². The van der Waals surface area contributed by atoms with Gasteiger partial charge in [-0.25, -0.2) is 0 Å². The van der Waals surface area contributed by atoms with E-state index in [0.29, 0.717) is 0 Å². The Hall–Kier alpha value is -1.24. The maximum absolute atomic E-state index is 10.9. The van der Waals surface area contributed by atoms with Gasteiger partial charge in [0, 0.05) is 12.1 Å². The Bertz CT molecular complexity index is 266. The number of rotatable bonds is 2. The smallest absolute Gasteiger partial charge is 0.300 e. The second-order valence-electron chi connectivity index (χ2n) is 4.27. The SMILES string of the molecule is CC1CC([N+](=O)[O-])([N+](=O)[O-])CC(C)N1C. The highest BCUT2D eigenvalue weighted by Crippen LogP contribution is 2.32. The quantitative estimate of drug-likeness (QED) is 0.386. The van der Waals surface area contributed by atoms with Crippen LogP contribution in [0.25, 0.3) is 0 Å². The first kappa shape index (κ1) is 11.8. The summed E-state index contributed by atoms with van der Waals surface area (Å²) in [6, 6.07) is -0.297. The van der Waals surface area contributed by atoms with E-state index in [-0.39, 0.29) is 24.9 Å². The first-order valence-corrected chi connectivity index (χ1v) is 4.82. The number of hydrogen-bond donors (Lipinski definition) is 0. The minimum Gasteiger partial charge on any atom is -0.300 e. The second kappa shape index (κ2) is 3.73. The maximum Gasteiger partial charge on any atom is 0.461 e. The zero-order valence-corrected chi connectivity index (χ0v) is 9.04. The van der Waals surface area contributed by atoms with Crippen LogP contribution in [0.2, 0.25) is 0 Å². The van der Waals surface area contributed by atoms with Crippen LogP contribution in [0.15, 0.2) is 0 Å². The fourth-order valence-electron chi connectivity index (χ4n) is 2.12. The Morgan fingerprint density at radius 1 is 1.13 bits per heavy atom. The summed E-state index contributed by atoms with van der Waals surface area (Å²) in [4.78, 5) is 22.2. The minimum absolute atomic E-state index is 0.0339. The van der Waals surface area contributed by atoms with Gasteiger partial charge in [-0.1, -0.05) is 0 Å². The van der Waals surface area contributed by atoms with Gasteiger partial charge in [-0.05, 0) is 20.9 Å². The summed E-state index contributed by atoms with van der Waals surface area (Å²) in [5, 5.41) is 21.7. The van der Waals surface area contributed by atoms with E-state index in [4.69, 9.17) is 0 Å². The average Bonchev–Trinajstić information content (AvgIpc) is 2.12. The third-order valence-corrected chi connectivity index (χ3v) is 3.31. The van der Waals surface area contributed by atoms with Crippen molar-refractivity contribution in [3.05, 3.63) is 20.2 Å². The molecule has 0 N–H and O–H groups in total. The Kier molecular flexibility index (Phi) is 2.94. The molecule has 0 aliphatic carbocycles. The number of nitrogens with zero attached hydrogens (tertiary/aromatic N) is 3. The van der Waals surface area contributed by atoms with Gasteiger partial charge in [0.25, 0.3) is 0 Å². The van der Waals surface area contributed by atoms with Crippen molar-refractivity contribution in [3.8, 4) is 0 Å². The fourth-order valence-corrected chi connectivity index (χ4v) is 2.12. The highest BCUT2D eigenvalue weighted by molar-refractivity contribution is 4.87. The van der Waals surface area contributed by atoms with E-state index in [1.165, 1.54) is 0 Å². The molecule has 86 valence electrons. The van der Waals surface area contributed by atoms with Gasteiger partial charge < -0.3 is 0 Å². The fraction of sp³-hybridized carbons (Fsp3) is 1.00. The molecule has 1 fully saturated rings. The Balaban J connectivity index is 3.02. The van der Waals surface area contributed by atoms with Crippen LogP contribution in [0.5, 0.6) is 0 Å². The molecule has 0 radical (unpaired) electrons. The number of hydrogen-bond acceptors (Lipinski definition) is 5. The molecule has 0 saturated carbocycles. The van der Waals surface area contributed by atoms with Crippen molar-refractivity contribution in [1.82, 2.24) is 4.90 Å². The predicted molar refractivity (Wildman–Crippen MR) is 52.6 cm³/mol. The number of piperidine rings is 1. The van der Waals surface area contributed by atoms with Gasteiger partial charge in [0.2, 0.25) is 0 Å². The summed E-state index contributed by atoms with van der Waals surface area (Å²) < 4.78 is 0. The molecule has 0 aromatic carbocycles. The van der Waals surface area contributed by atoms with E-state index in [1.807, 2.05) is 11.9 Å². The molecule has 0 amide bonds. The van der Waals surface area contributed by atoms with E-state index in [0.717, 1.165) is 0 Å². The normalized spacial score (nSPS) is 31.1. The average molecular weight is 217 g/mol. The molecule has 0 bridgehead atoms. The van der Waals surface area contributed by atoms with Crippen molar-refractivity contribution in [2.24, 2.45) is 0 Å². The molecule has 0 aromatic rings. The Morgan fingerprint density at radius 3 is 1.73 bits per heavy atom. The Morgan fingerprint density at radius 2 is 1.47 bits per heavy atom. The molecule has 2 atom stereocenters. The molecule has 7 heteroatoms. The van der Waals surface area contributed by atoms with Crippen LogP contribution in [-0.4, -0.2) is 39.5 Å². The molecule has 1 rings (SSSR count). The monoisotopic (exact) mass is 217 g/mol. The van der Waals surface area contributed by atoms with Gasteiger partial charge in [-0.2, -0.15) is 0 Å². The standard InChI is InChI=1S/C8H15N3O4/c1-6-4-8(10(12)13,11(14)15)5-7(2)9(6)3/h6-7H,4-5H2,1-3H3. The van der Waals surface area contributed by atoms with Crippen molar-refractivity contribution in [1.29, 1.82) is 0 Å². The summed E-state index contributed by atoms with van der Waals surface area (Å²) >= 11 is 0. The first-order chi connectivity index (χ1) is 6.81. The van der Waals surface area contributed by atoms with Crippen LogP contribution in [0.3, 0.4) is 0 Å². The van der Waals surface area contributed by atoms with Gasteiger partial charge in [0.1, 0.15) is 12.8 Å². The van der Waals surface area contributed by atoms with E-state index >= 15 is 0 Å². The molecular formula is C8H15N3O4. The van der Waals surface area contributed by atoms with Crippen molar-refractivity contribution in [3.63, 3.8) is 0 Å². The lowest BCUT2D eigenvalue weighted by Crippen LogP contribution is -2.59. The first-order valence-electron chi connectivity index (χ1n) is 4.82. The van der Waals surface area contributed by atoms with Crippen molar-refractivity contribution in [2.45, 2.75) is 44.4 Å². The summed E-state index contributed by atoms with van der Waals surface area (Å²) in [5.41, 5.74) is -1.99. The van der Waals surface area contributed by atoms with Gasteiger partial charge in [0.05, 0.1) is 9.85 Å². The van der Waals surface area contributed by atoms with Crippen molar-refractivity contribution in [2.75, 3.05) is 7.05 Å². The van der Waals surface area contributed by atoms with Crippen LogP contribution in [0.1, 0.15) is 26.7 Å². The van der Waals surface area contributed by atoms with Crippen LogP contribution in [-0.2, 0) is 0 Å². The lowest BCUT2D eigenvalue weighted by atomic mass is 9.88. The zero-order valence-electron chi connectivity index (χ0n) is 9.04. The van der Waals surface area contributed by atoms with Crippen molar-refractivity contribution < 1.29 is 9.85 Å². The molecule has 1 aliphatic heterocycles. The van der Waals surface area contributed by atoms with Crippen LogP contribution in [0.4, 0.5) is 0 Å². The molecule has 0 aromatic heterocycles. The largest absolute Gasteiger partial charge is 0.461 e. The van der Waals surface area contributed by atoms with Gasteiger partial charge in [-0.15, -0.1) is 0 Å². The van der Waals surface area contributed by atoms with Crippen LogP contribution in [0, 0.1) is 20.2 Å². The van der Waals surface area contributed by atoms with Crippen molar-refractivity contribution >= 4 is 0 Å². The molecule has 1 heterocycles. The summed E-state index contributed by atoms with van der Waals surface area (Å²) in [6.07, 6.45) is -0.0678. The highest BCUT2D eigenvalue weighted by Gasteiger charge is 2.60. The highest BCUT2D eigenvalue weighted by atomic mass is 16.7. The topological polar surface area (TPSA) is 89.5 Å². The van der Waals surface area contributed by atoms with Gasteiger partial charge in [0.15, 0.2) is 0 Å². The van der Waals surface area contributed by atoms with Crippen LogP contribution >= 0.6 is 0 Å². The van der Waals surface area contributed by atoms with Gasteiger partial charge >= 0.3 is 5.66 Å². The summed E-state index contributed by atoms with van der Waals surface area (Å²) in [6.45, 7) is 3.55. The maximum atomic E-state index is 10.9. The minimum atomic E-state index is -1.99. The van der Waals surface area contributed by atoms with E-state index in [2.05, 4.69) is 0 Å². The second-order valence-corrected chi connectivity index (χ2v) is 4.27. The van der Waals surface area contributed by atoms with E-state index < -0.39 is 15.5 Å². The predicted octanol–water partition coefficient (Wildman–Crippen LogP) is 0.739. The molecule has 1 saturated heterocycles. The lowest BCUT2D eigenvalue weighted by molar-refractivity contribution is -0.802. The molecule has 1 aliphatic rings. The third-order valence-electron chi connectivity index (χ3n) is 3.31. The van der Waals surface area contributed by atoms with E-state index in [9.17, 15) is 20.2 Å². The summed E-state index contributed by atoms with van der Waals surface area (Å²) in [7, 11) is 1.83. The molecule has 15 heavy (non-hydrogen) atoms. The number of nitro groups is 2. The Labute approximate surface area is 87.4 Å². The molecular weight excluding hydrogens is 202 g/mol. The molecule has 2 unspecified atom stereocenters. The summed E-state index contributed by atoms with van der Waals surface area (Å²) in [5.74, 6) is 0.